The van der Waals surface area contributed by atoms with E-state index in [0.717, 1.165) is 44.0 Å². The number of benzene rings is 1. The van der Waals surface area contributed by atoms with Crippen molar-refractivity contribution in [2.24, 2.45) is 5.73 Å². The first-order valence-electron chi connectivity index (χ1n) is 6.68. The number of hydrogen-bond donors (Lipinski definition) is 1. The molecule has 0 bridgehead atoms. The maximum atomic E-state index is 5.91. The van der Waals surface area contributed by atoms with Gasteiger partial charge in [0.05, 0.1) is 0 Å². The summed E-state index contributed by atoms with van der Waals surface area (Å²) in [6, 6.07) is 6.61. The number of hydrogen-bond acceptors (Lipinski definition) is 4. The molecule has 3 rings (SSSR count). The van der Waals surface area contributed by atoms with Crippen LogP contribution in [0.2, 0.25) is 0 Å². The van der Waals surface area contributed by atoms with Crippen molar-refractivity contribution in [3.63, 3.8) is 0 Å². The Balaban J connectivity index is 1.59. The van der Waals surface area contributed by atoms with Crippen molar-refractivity contribution in [2.75, 3.05) is 32.8 Å². The van der Waals surface area contributed by atoms with E-state index in [0.29, 0.717) is 19.3 Å². The maximum Gasteiger partial charge on any atom is 0.161 e. The minimum Gasteiger partial charge on any atom is -0.486 e. The molecule has 0 aliphatic carbocycles. The molecule has 1 atom stereocenters. The summed E-state index contributed by atoms with van der Waals surface area (Å²) in [5.74, 6) is 1.75. The second-order valence-electron chi connectivity index (χ2n) is 5.08. The maximum absolute atomic E-state index is 5.91. The molecule has 1 unspecified atom stereocenters. The molecule has 1 aromatic rings. The van der Waals surface area contributed by atoms with E-state index in [1.54, 1.807) is 0 Å². The topological polar surface area (TPSA) is 47.7 Å². The molecule has 2 heterocycles. The molecule has 2 aliphatic heterocycles. The van der Waals surface area contributed by atoms with Crippen molar-refractivity contribution in [1.29, 1.82) is 0 Å². The highest BCUT2D eigenvalue weighted by atomic mass is 16.6. The van der Waals surface area contributed by atoms with Gasteiger partial charge in [0, 0.05) is 19.1 Å². The fourth-order valence-corrected chi connectivity index (χ4v) is 2.60. The Bertz CT molecular complexity index is 422. The molecule has 2 N–H and O–H groups in total. The number of fused-ring (bicyclic) bond motifs is 1. The summed E-state index contributed by atoms with van der Waals surface area (Å²) in [4.78, 5) is 2.43. The predicted molar refractivity (Wildman–Crippen MR) is 70.2 cm³/mol. The molecule has 1 saturated heterocycles. The molecule has 4 heteroatoms. The minimum atomic E-state index is 0.366. The smallest absolute Gasteiger partial charge is 0.161 e. The molecular formula is C14H20N2O2. The summed E-state index contributed by atoms with van der Waals surface area (Å²) in [7, 11) is 0. The predicted octanol–water partition coefficient (Wildman–Crippen LogP) is 1.03. The third-order valence-electron chi connectivity index (χ3n) is 3.63. The van der Waals surface area contributed by atoms with Crippen LogP contribution in [-0.4, -0.2) is 43.8 Å². The molecule has 1 fully saturated rings. The van der Waals surface area contributed by atoms with E-state index in [9.17, 15) is 0 Å². The van der Waals surface area contributed by atoms with Gasteiger partial charge in [-0.2, -0.15) is 0 Å². The molecular weight excluding hydrogens is 228 g/mol. The van der Waals surface area contributed by atoms with Gasteiger partial charge in [0.1, 0.15) is 13.2 Å². The van der Waals surface area contributed by atoms with Crippen LogP contribution in [0.4, 0.5) is 0 Å². The van der Waals surface area contributed by atoms with Gasteiger partial charge in [-0.05, 0) is 37.1 Å². The van der Waals surface area contributed by atoms with E-state index in [4.69, 9.17) is 15.2 Å². The number of ether oxygens (including phenoxy) is 2. The summed E-state index contributed by atoms with van der Waals surface area (Å²) in [6.45, 7) is 4.54. The lowest BCUT2D eigenvalue weighted by molar-refractivity contribution is 0.171. The van der Waals surface area contributed by atoms with E-state index in [-0.39, 0.29) is 0 Å². The molecule has 0 spiro atoms. The van der Waals surface area contributed by atoms with Crippen molar-refractivity contribution < 1.29 is 9.47 Å². The zero-order valence-corrected chi connectivity index (χ0v) is 10.6. The Hall–Kier alpha value is -1.26. The summed E-state index contributed by atoms with van der Waals surface area (Å²) >= 11 is 0. The molecule has 98 valence electrons. The fraction of sp³-hybridized carbons (Fsp3) is 0.571. The van der Waals surface area contributed by atoms with E-state index in [1.807, 2.05) is 6.07 Å². The van der Waals surface area contributed by atoms with E-state index >= 15 is 0 Å². The monoisotopic (exact) mass is 248 g/mol. The fourth-order valence-electron chi connectivity index (χ4n) is 2.60. The standard InChI is InChI=1S/C14H20N2O2/c15-12-4-6-16(10-12)5-3-11-1-2-13-14(9-11)18-8-7-17-13/h1-2,9,12H,3-8,10,15H2. The van der Waals surface area contributed by atoms with Gasteiger partial charge < -0.3 is 20.1 Å². The van der Waals surface area contributed by atoms with Gasteiger partial charge in [-0.1, -0.05) is 6.07 Å². The van der Waals surface area contributed by atoms with Gasteiger partial charge in [0.2, 0.25) is 0 Å². The van der Waals surface area contributed by atoms with Crippen LogP contribution in [0.15, 0.2) is 18.2 Å². The van der Waals surface area contributed by atoms with Crippen LogP contribution in [0.3, 0.4) is 0 Å². The lowest BCUT2D eigenvalue weighted by atomic mass is 10.1. The zero-order valence-electron chi connectivity index (χ0n) is 10.6. The number of likely N-dealkylation sites (tertiary alicyclic amines) is 1. The normalized spacial score (nSPS) is 23.3. The van der Waals surface area contributed by atoms with Crippen LogP contribution >= 0.6 is 0 Å². The third-order valence-corrected chi connectivity index (χ3v) is 3.63. The lowest BCUT2D eigenvalue weighted by Gasteiger charge is -2.20. The quantitative estimate of drug-likeness (QED) is 0.868. The van der Waals surface area contributed by atoms with E-state index in [1.165, 1.54) is 5.56 Å². The van der Waals surface area contributed by atoms with Crippen LogP contribution < -0.4 is 15.2 Å². The minimum absolute atomic E-state index is 0.366. The molecule has 0 saturated carbocycles. The van der Waals surface area contributed by atoms with Crippen LogP contribution in [0.1, 0.15) is 12.0 Å². The van der Waals surface area contributed by atoms with Crippen molar-refractivity contribution >= 4 is 0 Å². The molecule has 4 nitrogen and oxygen atoms in total. The van der Waals surface area contributed by atoms with Crippen molar-refractivity contribution in [3.05, 3.63) is 23.8 Å². The van der Waals surface area contributed by atoms with Crippen LogP contribution in [0, 0.1) is 0 Å². The summed E-state index contributed by atoms with van der Waals surface area (Å²) in [5.41, 5.74) is 7.21. The SMILES string of the molecule is NC1CCN(CCc2ccc3c(c2)OCCO3)C1. The Kier molecular flexibility index (Phi) is 3.39. The number of nitrogens with zero attached hydrogens (tertiary/aromatic N) is 1. The Morgan fingerprint density at radius 1 is 1.22 bits per heavy atom. The summed E-state index contributed by atoms with van der Waals surface area (Å²) < 4.78 is 11.1. The molecule has 0 radical (unpaired) electrons. The summed E-state index contributed by atoms with van der Waals surface area (Å²) in [5, 5.41) is 0. The average molecular weight is 248 g/mol. The van der Waals surface area contributed by atoms with Crippen LogP contribution in [-0.2, 0) is 6.42 Å². The highest BCUT2D eigenvalue weighted by molar-refractivity contribution is 5.43. The molecule has 18 heavy (non-hydrogen) atoms. The third kappa shape index (κ3) is 2.60. The van der Waals surface area contributed by atoms with Gasteiger partial charge >= 0.3 is 0 Å². The number of rotatable bonds is 3. The van der Waals surface area contributed by atoms with Gasteiger partial charge in [-0.15, -0.1) is 0 Å². The lowest BCUT2D eigenvalue weighted by Crippen LogP contribution is -2.28. The Morgan fingerprint density at radius 3 is 2.83 bits per heavy atom. The van der Waals surface area contributed by atoms with Crippen molar-refractivity contribution in [2.45, 2.75) is 18.9 Å². The Labute approximate surface area is 108 Å². The van der Waals surface area contributed by atoms with Gasteiger partial charge in [-0.3, -0.25) is 0 Å². The second-order valence-corrected chi connectivity index (χ2v) is 5.08. The van der Waals surface area contributed by atoms with Gasteiger partial charge in [-0.25, -0.2) is 0 Å². The Morgan fingerprint density at radius 2 is 2.06 bits per heavy atom. The second kappa shape index (κ2) is 5.16. The molecule has 1 aromatic carbocycles. The summed E-state index contributed by atoms with van der Waals surface area (Å²) in [6.07, 6.45) is 2.17. The largest absolute Gasteiger partial charge is 0.486 e. The molecule has 0 amide bonds. The molecule has 0 aromatic heterocycles. The van der Waals surface area contributed by atoms with Gasteiger partial charge in [0.15, 0.2) is 11.5 Å². The highest BCUT2D eigenvalue weighted by Gasteiger charge is 2.18. The van der Waals surface area contributed by atoms with Crippen LogP contribution in [0.5, 0.6) is 11.5 Å². The van der Waals surface area contributed by atoms with Crippen molar-refractivity contribution in [3.8, 4) is 11.5 Å². The van der Waals surface area contributed by atoms with Crippen molar-refractivity contribution in [1.82, 2.24) is 4.90 Å². The van der Waals surface area contributed by atoms with E-state index < -0.39 is 0 Å². The first kappa shape index (κ1) is 11.8. The first-order valence-corrected chi connectivity index (χ1v) is 6.68. The van der Waals surface area contributed by atoms with Gasteiger partial charge in [0.25, 0.3) is 0 Å². The zero-order chi connectivity index (χ0) is 12.4. The number of nitrogens with two attached hydrogens (primary N) is 1. The first-order chi connectivity index (χ1) is 8.81. The van der Waals surface area contributed by atoms with E-state index in [2.05, 4.69) is 17.0 Å². The van der Waals surface area contributed by atoms with Crippen LogP contribution in [0.25, 0.3) is 0 Å². The molecule has 2 aliphatic rings. The highest BCUT2D eigenvalue weighted by Crippen LogP contribution is 2.30. The average Bonchev–Trinajstić information content (AvgIpc) is 2.82.